The van der Waals surface area contributed by atoms with Gasteiger partial charge in [-0.15, -0.1) is 0 Å². The van der Waals surface area contributed by atoms with Crippen LogP contribution in [0.3, 0.4) is 0 Å². The van der Waals surface area contributed by atoms with Crippen LogP contribution in [0, 0.1) is 9.49 Å². The monoisotopic (exact) mass is 552 g/mol. The predicted octanol–water partition coefficient (Wildman–Crippen LogP) is 4.78. The number of anilines is 1. The summed E-state index contributed by atoms with van der Waals surface area (Å²) in [4.78, 5) is 12.5. The van der Waals surface area contributed by atoms with Crippen LogP contribution >= 0.6 is 45.8 Å². The highest BCUT2D eigenvalue weighted by Gasteiger charge is 2.31. The number of carbonyl (C=O) groups is 1. The van der Waals surface area contributed by atoms with Gasteiger partial charge in [0.2, 0.25) is 15.9 Å². The topological polar surface area (TPSA) is 66.5 Å². The highest BCUT2D eigenvalue weighted by Crippen LogP contribution is 2.27. The Morgan fingerprint density at radius 1 is 1.11 bits per heavy atom. The van der Waals surface area contributed by atoms with Gasteiger partial charge in [-0.2, -0.15) is 0 Å². The second kappa shape index (κ2) is 9.30. The Balaban J connectivity index is 1.57. The van der Waals surface area contributed by atoms with Gasteiger partial charge in [0.1, 0.15) is 0 Å². The number of halogens is 3. The van der Waals surface area contributed by atoms with Gasteiger partial charge in [0.15, 0.2) is 0 Å². The third kappa shape index (κ3) is 5.60. The largest absolute Gasteiger partial charge is 0.326 e. The van der Waals surface area contributed by atoms with E-state index in [2.05, 4.69) is 27.9 Å². The fraction of sp³-hybridized carbons (Fsp3) is 0.316. The van der Waals surface area contributed by atoms with Crippen molar-refractivity contribution in [3.05, 3.63) is 61.6 Å². The lowest BCUT2D eigenvalue weighted by Gasteiger charge is -2.30. The van der Waals surface area contributed by atoms with Crippen LogP contribution in [0.5, 0.6) is 0 Å². The zero-order valence-corrected chi connectivity index (χ0v) is 19.4. The summed E-state index contributed by atoms with van der Waals surface area (Å²) in [7, 11) is -3.51. The van der Waals surface area contributed by atoms with E-state index in [0.717, 1.165) is 9.26 Å². The molecule has 0 atom stereocenters. The van der Waals surface area contributed by atoms with Crippen LogP contribution < -0.4 is 5.32 Å². The molecule has 0 radical (unpaired) electrons. The molecule has 0 unspecified atom stereocenters. The number of nitrogens with zero attached hydrogens (tertiary/aromatic N) is 1. The number of hydrogen-bond donors (Lipinski definition) is 1. The van der Waals surface area contributed by atoms with Crippen LogP contribution in [-0.4, -0.2) is 31.7 Å². The maximum Gasteiger partial charge on any atom is 0.227 e. The number of amides is 1. The number of sulfonamides is 1. The first-order valence-corrected chi connectivity index (χ1v) is 12.2. The molecule has 0 spiro atoms. The van der Waals surface area contributed by atoms with E-state index in [4.69, 9.17) is 23.2 Å². The summed E-state index contributed by atoms with van der Waals surface area (Å²) in [5, 5.41) is 3.70. The van der Waals surface area contributed by atoms with E-state index in [1.165, 1.54) is 10.4 Å². The summed E-state index contributed by atoms with van der Waals surface area (Å²) in [5.41, 5.74) is 1.27. The molecule has 1 saturated heterocycles. The lowest BCUT2D eigenvalue weighted by atomic mass is 9.97. The second-order valence-corrected chi connectivity index (χ2v) is 10.7. The zero-order valence-electron chi connectivity index (χ0n) is 14.9. The number of carbonyl (C=O) groups excluding carboxylic acids is 1. The van der Waals surface area contributed by atoms with Crippen molar-refractivity contribution >= 4 is 67.4 Å². The van der Waals surface area contributed by atoms with Gasteiger partial charge in [-0.3, -0.25) is 4.79 Å². The minimum Gasteiger partial charge on any atom is -0.326 e. The molecule has 0 bridgehead atoms. The third-order valence-electron chi connectivity index (χ3n) is 4.68. The molecule has 9 heteroatoms. The Kier molecular flexibility index (Phi) is 7.25. The highest BCUT2D eigenvalue weighted by atomic mass is 127. The molecule has 1 heterocycles. The maximum atomic E-state index is 12.7. The van der Waals surface area contributed by atoms with E-state index in [9.17, 15) is 13.2 Å². The first kappa shape index (κ1) is 21.8. The number of nitrogens with one attached hydrogen (secondary N) is 1. The molecular formula is C19H19Cl2IN2O3S. The first-order chi connectivity index (χ1) is 13.2. The van der Waals surface area contributed by atoms with Crippen molar-refractivity contribution < 1.29 is 13.2 Å². The van der Waals surface area contributed by atoms with E-state index in [0.29, 0.717) is 41.5 Å². The Hall–Kier alpha value is -0.870. The molecular weight excluding hydrogens is 534 g/mol. The summed E-state index contributed by atoms with van der Waals surface area (Å²) in [5.74, 6) is -0.452. The molecule has 28 heavy (non-hydrogen) atoms. The van der Waals surface area contributed by atoms with Crippen molar-refractivity contribution in [2.45, 2.75) is 18.6 Å². The predicted molar refractivity (Wildman–Crippen MR) is 121 cm³/mol. The van der Waals surface area contributed by atoms with Crippen molar-refractivity contribution in [1.82, 2.24) is 4.31 Å². The van der Waals surface area contributed by atoms with E-state index in [-0.39, 0.29) is 17.6 Å². The number of rotatable bonds is 5. The van der Waals surface area contributed by atoms with Gasteiger partial charge >= 0.3 is 0 Å². The van der Waals surface area contributed by atoms with Gasteiger partial charge in [-0.05, 0) is 77.4 Å². The molecule has 1 N–H and O–H groups in total. The summed E-state index contributed by atoms with van der Waals surface area (Å²) < 4.78 is 28.0. The van der Waals surface area contributed by atoms with Gasteiger partial charge in [-0.25, -0.2) is 12.7 Å². The van der Waals surface area contributed by atoms with Gasteiger partial charge in [0, 0.05) is 38.3 Å². The van der Waals surface area contributed by atoms with Crippen molar-refractivity contribution in [2.75, 3.05) is 18.4 Å². The van der Waals surface area contributed by atoms with E-state index in [1.807, 2.05) is 24.3 Å². The van der Waals surface area contributed by atoms with Crippen LogP contribution in [0.2, 0.25) is 10.0 Å². The van der Waals surface area contributed by atoms with Crippen molar-refractivity contribution in [3.8, 4) is 0 Å². The minimum absolute atomic E-state index is 0.0704. The summed E-state index contributed by atoms with van der Waals surface area (Å²) in [6.45, 7) is 0.636. The third-order valence-corrected chi connectivity index (χ3v) is 7.82. The van der Waals surface area contributed by atoms with Crippen molar-refractivity contribution in [1.29, 1.82) is 0 Å². The van der Waals surface area contributed by atoms with Gasteiger partial charge < -0.3 is 5.32 Å². The fourth-order valence-electron chi connectivity index (χ4n) is 3.10. The summed E-state index contributed by atoms with van der Waals surface area (Å²) in [6, 6.07) is 12.3. The molecule has 1 amide bonds. The Bertz CT molecular complexity index is 960. The number of hydrogen-bond acceptors (Lipinski definition) is 3. The molecule has 2 aromatic carbocycles. The fourth-order valence-corrected chi connectivity index (χ4v) is 5.61. The molecule has 3 rings (SSSR count). The minimum atomic E-state index is -3.51. The number of piperidine rings is 1. The molecule has 0 saturated carbocycles. The lowest BCUT2D eigenvalue weighted by molar-refractivity contribution is -0.120. The standard InChI is InChI=1S/C19H19Cl2IN2O3S/c20-15-2-1-14(18(21)11-15)12-28(26,27)24-9-7-13(8-10-24)19(25)23-17-5-3-16(22)4-6-17/h1-6,11,13H,7-10,12H2,(H,23,25). The maximum absolute atomic E-state index is 12.7. The summed E-state index contributed by atoms with van der Waals surface area (Å²) in [6.07, 6.45) is 0.980. The van der Waals surface area contributed by atoms with Gasteiger partial charge in [0.05, 0.1) is 5.75 Å². The van der Waals surface area contributed by atoms with E-state index >= 15 is 0 Å². The van der Waals surface area contributed by atoms with Crippen LogP contribution in [0.15, 0.2) is 42.5 Å². The smallest absolute Gasteiger partial charge is 0.227 e. The molecule has 5 nitrogen and oxygen atoms in total. The van der Waals surface area contributed by atoms with Crippen LogP contribution in [0.25, 0.3) is 0 Å². The molecule has 1 aliphatic heterocycles. The van der Waals surface area contributed by atoms with Crippen molar-refractivity contribution in [2.24, 2.45) is 5.92 Å². The average molecular weight is 553 g/mol. The molecule has 2 aromatic rings. The SMILES string of the molecule is O=C(Nc1ccc(I)cc1)C1CCN(S(=O)(=O)Cc2ccc(Cl)cc2Cl)CC1. The molecule has 0 aromatic heterocycles. The van der Waals surface area contributed by atoms with Crippen LogP contribution in [0.1, 0.15) is 18.4 Å². The van der Waals surface area contributed by atoms with Gasteiger partial charge in [-0.1, -0.05) is 29.3 Å². The van der Waals surface area contributed by atoms with Crippen LogP contribution in [-0.2, 0) is 20.6 Å². The van der Waals surface area contributed by atoms with E-state index < -0.39 is 10.0 Å². The first-order valence-electron chi connectivity index (χ1n) is 8.73. The highest BCUT2D eigenvalue weighted by molar-refractivity contribution is 14.1. The normalized spacial score (nSPS) is 16.1. The van der Waals surface area contributed by atoms with Crippen LogP contribution in [0.4, 0.5) is 5.69 Å². The quantitative estimate of drug-likeness (QED) is 0.543. The Morgan fingerprint density at radius 2 is 1.75 bits per heavy atom. The zero-order chi connectivity index (χ0) is 20.3. The van der Waals surface area contributed by atoms with Gasteiger partial charge in [0.25, 0.3) is 0 Å². The second-order valence-electron chi connectivity index (χ2n) is 6.66. The average Bonchev–Trinajstić information content (AvgIpc) is 2.66. The molecule has 1 fully saturated rings. The Labute approximate surface area is 188 Å². The molecule has 1 aliphatic rings. The molecule has 0 aliphatic carbocycles. The molecule has 150 valence electrons. The van der Waals surface area contributed by atoms with E-state index in [1.54, 1.807) is 12.1 Å². The summed E-state index contributed by atoms with van der Waals surface area (Å²) >= 11 is 14.2. The lowest BCUT2D eigenvalue weighted by Crippen LogP contribution is -2.41. The number of benzene rings is 2. The van der Waals surface area contributed by atoms with Crippen molar-refractivity contribution in [3.63, 3.8) is 0 Å². The Morgan fingerprint density at radius 3 is 2.36 bits per heavy atom.